The molecule has 1 aromatic rings. The number of ether oxygens (including phenoxy) is 1. The molecule has 1 aliphatic rings. The van der Waals surface area contributed by atoms with E-state index < -0.39 is 0 Å². The second-order valence-corrected chi connectivity index (χ2v) is 4.20. The lowest BCUT2D eigenvalue weighted by Gasteiger charge is -2.10. The quantitative estimate of drug-likeness (QED) is 0.817. The summed E-state index contributed by atoms with van der Waals surface area (Å²) in [6, 6.07) is 7.54. The molecular weight excluding hydrogens is 218 g/mol. The van der Waals surface area contributed by atoms with E-state index in [1.165, 1.54) is 0 Å². The van der Waals surface area contributed by atoms with Crippen molar-refractivity contribution in [2.45, 2.75) is 32.1 Å². The van der Waals surface area contributed by atoms with Gasteiger partial charge in [0, 0.05) is 13.2 Å². The van der Waals surface area contributed by atoms with Gasteiger partial charge in [0.2, 0.25) is 5.91 Å². The topological polar surface area (TPSA) is 58.6 Å². The molecule has 2 rings (SSSR count). The maximum absolute atomic E-state index is 11.7. The number of aliphatic hydroxyl groups excluding tert-OH is 1. The third-order valence-electron chi connectivity index (χ3n) is 2.86. The molecule has 92 valence electrons. The van der Waals surface area contributed by atoms with Gasteiger partial charge in [0.15, 0.2) is 0 Å². The van der Waals surface area contributed by atoms with Crippen molar-refractivity contribution >= 4 is 5.91 Å². The maximum Gasteiger partial charge on any atom is 0.249 e. The minimum Gasteiger partial charge on any atom is -0.392 e. The molecule has 0 saturated carbocycles. The normalized spacial score (nSPS) is 19.2. The van der Waals surface area contributed by atoms with Gasteiger partial charge in [-0.1, -0.05) is 24.3 Å². The Morgan fingerprint density at radius 3 is 3.00 bits per heavy atom. The first-order chi connectivity index (χ1) is 8.29. The zero-order valence-electron chi connectivity index (χ0n) is 9.69. The van der Waals surface area contributed by atoms with Crippen LogP contribution in [0.1, 0.15) is 24.0 Å². The van der Waals surface area contributed by atoms with Gasteiger partial charge in [-0.3, -0.25) is 4.79 Å². The van der Waals surface area contributed by atoms with Gasteiger partial charge in [0.1, 0.15) is 6.10 Å². The number of carbonyl (C=O) groups is 1. The lowest BCUT2D eigenvalue weighted by molar-refractivity contribution is -0.130. The third-order valence-corrected chi connectivity index (χ3v) is 2.86. The fraction of sp³-hybridized carbons (Fsp3) is 0.462. The van der Waals surface area contributed by atoms with Crippen LogP contribution in [0.4, 0.5) is 0 Å². The summed E-state index contributed by atoms with van der Waals surface area (Å²) >= 11 is 0. The number of carbonyl (C=O) groups excluding carboxylic acids is 1. The summed E-state index contributed by atoms with van der Waals surface area (Å²) in [6.45, 7) is 1.18. The molecular formula is C13H17NO3. The van der Waals surface area contributed by atoms with E-state index in [1.54, 1.807) is 0 Å². The Hall–Kier alpha value is -1.39. The van der Waals surface area contributed by atoms with Crippen LogP contribution >= 0.6 is 0 Å². The van der Waals surface area contributed by atoms with Crippen LogP contribution in [-0.4, -0.2) is 23.7 Å². The summed E-state index contributed by atoms with van der Waals surface area (Å²) in [5, 5.41) is 11.9. The van der Waals surface area contributed by atoms with Crippen molar-refractivity contribution < 1.29 is 14.6 Å². The Labute approximate surface area is 101 Å². The van der Waals surface area contributed by atoms with Gasteiger partial charge >= 0.3 is 0 Å². The van der Waals surface area contributed by atoms with Crippen LogP contribution in [0.25, 0.3) is 0 Å². The van der Waals surface area contributed by atoms with E-state index in [0.717, 1.165) is 24.0 Å². The van der Waals surface area contributed by atoms with Gasteiger partial charge in [0.25, 0.3) is 0 Å². The first-order valence-electron chi connectivity index (χ1n) is 5.87. The number of aliphatic hydroxyl groups is 1. The van der Waals surface area contributed by atoms with E-state index in [4.69, 9.17) is 9.84 Å². The van der Waals surface area contributed by atoms with Crippen LogP contribution in [0.5, 0.6) is 0 Å². The molecule has 1 aliphatic heterocycles. The molecule has 2 N–H and O–H groups in total. The Morgan fingerprint density at radius 1 is 1.47 bits per heavy atom. The van der Waals surface area contributed by atoms with E-state index >= 15 is 0 Å². The van der Waals surface area contributed by atoms with Crippen LogP contribution < -0.4 is 5.32 Å². The van der Waals surface area contributed by atoms with Crippen molar-refractivity contribution in [3.8, 4) is 0 Å². The van der Waals surface area contributed by atoms with Gasteiger partial charge in [-0.25, -0.2) is 0 Å². The zero-order chi connectivity index (χ0) is 12.1. The highest BCUT2D eigenvalue weighted by Crippen LogP contribution is 2.12. The fourth-order valence-electron chi connectivity index (χ4n) is 1.93. The summed E-state index contributed by atoms with van der Waals surface area (Å²) in [6.07, 6.45) is 1.48. The van der Waals surface area contributed by atoms with Crippen LogP contribution in [0, 0.1) is 0 Å². The van der Waals surface area contributed by atoms with Gasteiger partial charge in [0.05, 0.1) is 6.61 Å². The number of amides is 1. The number of nitrogens with one attached hydrogen (secondary N) is 1. The standard InChI is InChI=1S/C13H17NO3/c15-9-11-4-1-3-10(7-11)8-14-13(16)12-5-2-6-17-12/h1,3-4,7,12,15H,2,5-6,8-9H2,(H,14,16)/t12-/m0/s1. The summed E-state index contributed by atoms with van der Waals surface area (Å²) in [5.41, 5.74) is 1.84. The lowest BCUT2D eigenvalue weighted by atomic mass is 10.1. The van der Waals surface area contributed by atoms with Crippen LogP contribution in [0.15, 0.2) is 24.3 Å². The van der Waals surface area contributed by atoms with E-state index in [-0.39, 0.29) is 18.6 Å². The van der Waals surface area contributed by atoms with Crippen molar-refractivity contribution in [1.29, 1.82) is 0 Å². The Bertz CT molecular complexity index is 386. The number of rotatable bonds is 4. The Balaban J connectivity index is 1.86. The molecule has 0 aliphatic carbocycles. The highest BCUT2D eigenvalue weighted by molar-refractivity contribution is 5.80. The zero-order valence-corrected chi connectivity index (χ0v) is 9.69. The molecule has 17 heavy (non-hydrogen) atoms. The molecule has 4 nitrogen and oxygen atoms in total. The minimum absolute atomic E-state index is 0.0214. The molecule has 0 unspecified atom stereocenters. The highest BCUT2D eigenvalue weighted by Gasteiger charge is 2.22. The van der Waals surface area contributed by atoms with Gasteiger partial charge in [-0.05, 0) is 24.0 Å². The fourth-order valence-corrected chi connectivity index (χ4v) is 1.93. The average molecular weight is 235 g/mol. The van der Waals surface area contributed by atoms with Crippen LogP contribution in [0.2, 0.25) is 0 Å². The number of hydrogen-bond acceptors (Lipinski definition) is 3. The smallest absolute Gasteiger partial charge is 0.249 e. The molecule has 1 atom stereocenters. The third kappa shape index (κ3) is 3.28. The van der Waals surface area contributed by atoms with E-state index in [0.29, 0.717) is 13.2 Å². The molecule has 0 aromatic heterocycles. The van der Waals surface area contributed by atoms with E-state index in [2.05, 4.69) is 5.32 Å². The van der Waals surface area contributed by atoms with Crippen LogP contribution in [0.3, 0.4) is 0 Å². The minimum atomic E-state index is -0.281. The van der Waals surface area contributed by atoms with Crippen molar-refractivity contribution in [2.75, 3.05) is 6.61 Å². The second-order valence-electron chi connectivity index (χ2n) is 4.20. The Kier molecular flexibility index (Phi) is 4.12. The summed E-state index contributed by atoms with van der Waals surface area (Å²) < 4.78 is 5.30. The molecule has 1 saturated heterocycles. The summed E-state index contributed by atoms with van der Waals surface area (Å²) in [5.74, 6) is -0.0445. The lowest BCUT2D eigenvalue weighted by Crippen LogP contribution is -2.33. The maximum atomic E-state index is 11.7. The highest BCUT2D eigenvalue weighted by atomic mass is 16.5. The van der Waals surface area contributed by atoms with E-state index in [9.17, 15) is 4.79 Å². The largest absolute Gasteiger partial charge is 0.392 e. The predicted octanol–water partition coefficient (Wildman–Crippen LogP) is 0.974. The van der Waals surface area contributed by atoms with Gasteiger partial charge in [-0.15, -0.1) is 0 Å². The number of benzene rings is 1. The van der Waals surface area contributed by atoms with Gasteiger partial charge in [-0.2, -0.15) is 0 Å². The van der Waals surface area contributed by atoms with Crippen molar-refractivity contribution in [3.63, 3.8) is 0 Å². The Morgan fingerprint density at radius 2 is 2.29 bits per heavy atom. The first kappa shape index (κ1) is 12.1. The molecule has 0 radical (unpaired) electrons. The first-order valence-corrected chi connectivity index (χ1v) is 5.87. The molecule has 0 bridgehead atoms. The molecule has 4 heteroatoms. The van der Waals surface area contributed by atoms with Crippen molar-refractivity contribution in [3.05, 3.63) is 35.4 Å². The predicted molar refractivity (Wildman–Crippen MR) is 63.2 cm³/mol. The van der Waals surface area contributed by atoms with Crippen LogP contribution in [-0.2, 0) is 22.7 Å². The van der Waals surface area contributed by atoms with Gasteiger partial charge < -0.3 is 15.2 Å². The molecule has 0 spiro atoms. The molecule has 1 fully saturated rings. The second kappa shape index (κ2) is 5.80. The summed E-state index contributed by atoms with van der Waals surface area (Å²) in [7, 11) is 0. The van der Waals surface area contributed by atoms with Crippen molar-refractivity contribution in [1.82, 2.24) is 5.32 Å². The monoisotopic (exact) mass is 235 g/mol. The molecule has 1 aromatic carbocycles. The summed E-state index contributed by atoms with van der Waals surface area (Å²) in [4.78, 5) is 11.7. The molecule has 1 heterocycles. The SMILES string of the molecule is O=C(NCc1cccc(CO)c1)[C@@H]1CCCO1. The van der Waals surface area contributed by atoms with Crippen molar-refractivity contribution in [2.24, 2.45) is 0 Å². The molecule has 1 amide bonds. The number of hydrogen-bond donors (Lipinski definition) is 2. The average Bonchev–Trinajstić information content (AvgIpc) is 2.90. The van der Waals surface area contributed by atoms with E-state index in [1.807, 2.05) is 24.3 Å².